The summed E-state index contributed by atoms with van der Waals surface area (Å²) >= 11 is 0. The number of nitrogens with one attached hydrogen (secondary N) is 1. The van der Waals surface area contributed by atoms with Crippen molar-refractivity contribution in [1.82, 2.24) is 15.3 Å². The summed E-state index contributed by atoms with van der Waals surface area (Å²) in [5.74, 6) is 0.898. The zero-order chi connectivity index (χ0) is 14.5. The van der Waals surface area contributed by atoms with E-state index in [9.17, 15) is 0 Å². The first-order chi connectivity index (χ1) is 9.52. The number of benzene rings is 1. The van der Waals surface area contributed by atoms with Gasteiger partial charge in [0.05, 0.1) is 5.69 Å². The van der Waals surface area contributed by atoms with Crippen molar-refractivity contribution in [3.63, 3.8) is 0 Å². The first-order valence-electron chi connectivity index (χ1n) is 7.15. The van der Waals surface area contributed by atoms with Crippen molar-refractivity contribution < 1.29 is 0 Å². The van der Waals surface area contributed by atoms with Gasteiger partial charge >= 0.3 is 0 Å². The van der Waals surface area contributed by atoms with Crippen molar-refractivity contribution in [1.29, 1.82) is 0 Å². The molecule has 1 N–H and O–H groups in total. The van der Waals surface area contributed by atoms with Crippen molar-refractivity contribution in [2.24, 2.45) is 0 Å². The van der Waals surface area contributed by atoms with Gasteiger partial charge in [-0.05, 0) is 25.5 Å². The molecule has 0 saturated heterocycles. The SMILES string of the molecule is Cc1ccc(Cc2nc(C)cc(CNC(C)C)n2)cc1. The summed E-state index contributed by atoms with van der Waals surface area (Å²) in [6.45, 7) is 9.20. The van der Waals surface area contributed by atoms with Gasteiger partial charge in [-0.2, -0.15) is 0 Å². The largest absolute Gasteiger partial charge is 0.309 e. The fraction of sp³-hybridized carbons (Fsp3) is 0.412. The van der Waals surface area contributed by atoms with Crippen molar-refractivity contribution in [3.8, 4) is 0 Å². The Labute approximate surface area is 121 Å². The van der Waals surface area contributed by atoms with Crippen LogP contribution in [-0.4, -0.2) is 16.0 Å². The maximum atomic E-state index is 4.65. The summed E-state index contributed by atoms with van der Waals surface area (Å²) in [5.41, 5.74) is 4.63. The molecular weight excluding hydrogens is 246 g/mol. The zero-order valence-electron chi connectivity index (χ0n) is 12.8. The third kappa shape index (κ3) is 4.42. The van der Waals surface area contributed by atoms with E-state index >= 15 is 0 Å². The van der Waals surface area contributed by atoms with Crippen LogP contribution >= 0.6 is 0 Å². The van der Waals surface area contributed by atoms with Gasteiger partial charge in [-0.1, -0.05) is 43.7 Å². The van der Waals surface area contributed by atoms with Gasteiger partial charge in [0.15, 0.2) is 0 Å². The maximum Gasteiger partial charge on any atom is 0.133 e. The first kappa shape index (κ1) is 14.7. The van der Waals surface area contributed by atoms with Crippen LogP contribution in [0.2, 0.25) is 0 Å². The molecule has 0 saturated carbocycles. The predicted molar refractivity (Wildman–Crippen MR) is 82.7 cm³/mol. The van der Waals surface area contributed by atoms with E-state index in [1.165, 1.54) is 11.1 Å². The lowest BCUT2D eigenvalue weighted by Gasteiger charge is -2.10. The fourth-order valence-corrected chi connectivity index (χ4v) is 2.07. The van der Waals surface area contributed by atoms with E-state index in [0.717, 1.165) is 30.2 Å². The quantitative estimate of drug-likeness (QED) is 0.906. The molecule has 0 aliphatic heterocycles. The van der Waals surface area contributed by atoms with Crippen LogP contribution in [0.4, 0.5) is 0 Å². The Morgan fingerprint density at radius 1 is 1.05 bits per heavy atom. The first-order valence-corrected chi connectivity index (χ1v) is 7.15. The fourth-order valence-electron chi connectivity index (χ4n) is 2.07. The van der Waals surface area contributed by atoms with E-state index in [-0.39, 0.29) is 0 Å². The summed E-state index contributed by atoms with van der Waals surface area (Å²) < 4.78 is 0. The van der Waals surface area contributed by atoms with Crippen molar-refractivity contribution in [2.45, 2.75) is 46.7 Å². The molecule has 106 valence electrons. The lowest BCUT2D eigenvalue weighted by molar-refractivity contribution is 0.578. The van der Waals surface area contributed by atoms with Gasteiger partial charge in [-0.15, -0.1) is 0 Å². The Balaban J connectivity index is 2.13. The van der Waals surface area contributed by atoms with Crippen LogP contribution in [0, 0.1) is 13.8 Å². The Hall–Kier alpha value is -1.74. The molecular formula is C17H23N3. The van der Waals surface area contributed by atoms with E-state index in [1.807, 2.05) is 13.0 Å². The highest BCUT2D eigenvalue weighted by molar-refractivity contribution is 5.24. The molecule has 1 aromatic heterocycles. The smallest absolute Gasteiger partial charge is 0.133 e. The maximum absolute atomic E-state index is 4.65. The zero-order valence-corrected chi connectivity index (χ0v) is 12.8. The van der Waals surface area contributed by atoms with Gasteiger partial charge in [-0.25, -0.2) is 9.97 Å². The number of aryl methyl sites for hydroxylation is 2. The molecule has 0 aliphatic carbocycles. The molecule has 0 amide bonds. The number of rotatable bonds is 5. The van der Waals surface area contributed by atoms with Crippen molar-refractivity contribution >= 4 is 0 Å². The Kier molecular flexibility index (Phi) is 4.85. The highest BCUT2D eigenvalue weighted by Crippen LogP contribution is 2.09. The molecule has 0 spiro atoms. The Morgan fingerprint density at radius 3 is 2.40 bits per heavy atom. The summed E-state index contributed by atoms with van der Waals surface area (Å²) in [6.07, 6.45) is 0.788. The number of aromatic nitrogens is 2. The second-order valence-electron chi connectivity index (χ2n) is 5.61. The second kappa shape index (κ2) is 6.62. The highest BCUT2D eigenvalue weighted by Gasteiger charge is 2.04. The van der Waals surface area contributed by atoms with E-state index in [1.54, 1.807) is 0 Å². The van der Waals surface area contributed by atoms with Crippen LogP contribution in [0.15, 0.2) is 30.3 Å². The van der Waals surface area contributed by atoms with Crippen LogP contribution in [-0.2, 0) is 13.0 Å². The monoisotopic (exact) mass is 269 g/mol. The van der Waals surface area contributed by atoms with Crippen LogP contribution in [0.3, 0.4) is 0 Å². The molecule has 0 atom stereocenters. The summed E-state index contributed by atoms with van der Waals surface area (Å²) in [6, 6.07) is 11.1. The van der Waals surface area contributed by atoms with Gasteiger partial charge in [0.1, 0.15) is 5.82 Å². The molecule has 3 heteroatoms. The van der Waals surface area contributed by atoms with Gasteiger partial charge in [0.2, 0.25) is 0 Å². The van der Waals surface area contributed by atoms with Gasteiger partial charge in [0.25, 0.3) is 0 Å². The van der Waals surface area contributed by atoms with Crippen LogP contribution < -0.4 is 5.32 Å². The molecule has 0 fully saturated rings. The third-order valence-corrected chi connectivity index (χ3v) is 3.13. The number of nitrogens with zero attached hydrogens (tertiary/aromatic N) is 2. The molecule has 0 bridgehead atoms. The predicted octanol–water partition coefficient (Wildman–Crippen LogP) is 3.18. The lowest BCUT2D eigenvalue weighted by Crippen LogP contribution is -2.23. The number of hydrogen-bond acceptors (Lipinski definition) is 3. The molecule has 20 heavy (non-hydrogen) atoms. The summed E-state index contributed by atoms with van der Waals surface area (Å²) in [7, 11) is 0. The molecule has 0 unspecified atom stereocenters. The van der Waals surface area contributed by atoms with Gasteiger partial charge < -0.3 is 5.32 Å². The Morgan fingerprint density at radius 2 is 1.75 bits per heavy atom. The number of hydrogen-bond donors (Lipinski definition) is 1. The lowest BCUT2D eigenvalue weighted by atomic mass is 10.1. The molecule has 0 aliphatic rings. The van der Waals surface area contributed by atoms with E-state index < -0.39 is 0 Å². The minimum absolute atomic E-state index is 0.464. The van der Waals surface area contributed by atoms with Gasteiger partial charge in [0, 0.05) is 24.7 Å². The van der Waals surface area contributed by atoms with E-state index in [0.29, 0.717) is 6.04 Å². The minimum atomic E-state index is 0.464. The molecule has 2 rings (SSSR count). The minimum Gasteiger partial charge on any atom is -0.309 e. The normalized spacial score (nSPS) is 11.1. The summed E-state index contributed by atoms with van der Waals surface area (Å²) in [4.78, 5) is 9.19. The topological polar surface area (TPSA) is 37.8 Å². The Bertz CT molecular complexity index is 559. The molecule has 3 nitrogen and oxygen atoms in total. The second-order valence-corrected chi connectivity index (χ2v) is 5.61. The standard InChI is InChI=1S/C17H23N3/c1-12(2)18-11-16-9-14(4)19-17(20-16)10-15-7-5-13(3)6-8-15/h5-9,12,18H,10-11H2,1-4H3. The highest BCUT2D eigenvalue weighted by atomic mass is 14.9. The van der Waals surface area contributed by atoms with Crippen LogP contribution in [0.5, 0.6) is 0 Å². The van der Waals surface area contributed by atoms with Crippen molar-refractivity contribution in [3.05, 3.63) is 58.7 Å². The van der Waals surface area contributed by atoms with E-state index in [4.69, 9.17) is 0 Å². The van der Waals surface area contributed by atoms with E-state index in [2.05, 4.69) is 60.3 Å². The molecule has 1 aromatic carbocycles. The molecule has 0 radical (unpaired) electrons. The van der Waals surface area contributed by atoms with Crippen LogP contribution in [0.1, 0.15) is 42.2 Å². The van der Waals surface area contributed by atoms with Crippen LogP contribution in [0.25, 0.3) is 0 Å². The molecule has 2 aromatic rings. The third-order valence-electron chi connectivity index (χ3n) is 3.13. The molecule has 1 heterocycles. The summed E-state index contributed by atoms with van der Waals surface area (Å²) in [5, 5.41) is 3.40. The average Bonchev–Trinajstić information content (AvgIpc) is 2.38. The average molecular weight is 269 g/mol. The van der Waals surface area contributed by atoms with Gasteiger partial charge in [-0.3, -0.25) is 0 Å². The van der Waals surface area contributed by atoms with Crippen molar-refractivity contribution in [2.75, 3.05) is 0 Å².